The Labute approximate surface area is 71.4 Å². The van der Waals surface area contributed by atoms with E-state index < -0.39 is 0 Å². The SMILES string of the molecule is CCCC(C)(CC)CCCN. The predicted molar refractivity (Wildman–Crippen MR) is 51.6 cm³/mol. The van der Waals surface area contributed by atoms with Gasteiger partial charge in [0.1, 0.15) is 0 Å². The van der Waals surface area contributed by atoms with E-state index in [0.29, 0.717) is 5.41 Å². The molecule has 0 aliphatic rings. The van der Waals surface area contributed by atoms with Crippen LogP contribution in [0.25, 0.3) is 0 Å². The van der Waals surface area contributed by atoms with Crippen molar-refractivity contribution in [3.63, 3.8) is 0 Å². The van der Waals surface area contributed by atoms with Gasteiger partial charge in [0.05, 0.1) is 0 Å². The molecule has 0 saturated heterocycles. The molecule has 0 rings (SSSR count). The van der Waals surface area contributed by atoms with E-state index in [2.05, 4.69) is 20.8 Å². The quantitative estimate of drug-likeness (QED) is 0.630. The molecule has 2 N–H and O–H groups in total. The zero-order valence-corrected chi connectivity index (χ0v) is 8.32. The Hall–Kier alpha value is -0.0400. The highest BCUT2D eigenvalue weighted by atomic mass is 14.5. The first-order valence-corrected chi connectivity index (χ1v) is 4.88. The lowest BCUT2D eigenvalue weighted by Gasteiger charge is -2.27. The van der Waals surface area contributed by atoms with E-state index in [4.69, 9.17) is 5.73 Å². The fourth-order valence-corrected chi connectivity index (χ4v) is 1.61. The Kier molecular flexibility index (Phi) is 5.57. The molecule has 0 aliphatic heterocycles. The number of hydrogen-bond acceptors (Lipinski definition) is 1. The maximum atomic E-state index is 5.49. The van der Waals surface area contributed by atoms with Crippen LogP contribution < -0.4 is 5.73 Å². The maximum Gasteiger partial charge on any atom is -0.00771 e. The smallest absolute Gasteiger partial charge is 0.00771 e. The maximum absolute atomic E-state index is 5.49. The summed E-state index contributed by atoms with van der Waals surface area (Å²) < 4.78 is 0. The van der Waals surface area contributed by atoms with Gasteiger partial charge in [-0.15, -0.1) is 0 Å². The fourth-order valence-electron chi connectivity index (χ4n) is 1.61. The molecule has 0 saturated carbocycles. The number of rotatable bonds is 6. The summed E-state index contributed by atoms with van der Waals surface area (Å²) in [5.41, 5.74) is 6.05. The lowest BCUT2D eigenvalue weighted by Crippen LogP contribution is -2.16. The third kappa shape index (κ3) is 4.41. The molecule has 1 atom stereocenters. The summed E-state index contributed by atoms with van der Waals surface area (Å²) in [6, 6.07) is 0. The highest BCUT2D eigenvalue weighted by Gasteiger charge is 2.19. The van der Waals surface area contributed by atoms with Crippen LogP contribution in [-0.4, -0.2) is 6.54 Å². The average molecular weight is 157 g/mol. The zero-order valence-electron chi connectivity index (χ0n) is 8.32. The molecule has 0 amide bonds. The molecular weight excluding hydrogens is 134 g/mol. The van der Waals surface area contributed by atoms with Crippen molar-refractivity contribution >= 4 is 0 Å². The minimum Gasteiger partial charge on any atom is -0.330 e. The van der Waals surface area contributed by atoms with Gasteiger partial charge in [-0.2, -0.15) is 0 Å². The van der Waals surface area contributed by atoms with E-state index in [9.17, 15) is 0 Å². The van der Waals surface area contributed by atoms with E-state index in [1.54, 1.807) is 0 Å². The summed E-state index contributed by atoms with van der Waals surface area (Å²) in [5, 5.41) is 0. The minimum absolute atomic E-state index is 0.564. The first-order chi connectivity index (χ1) is 5.18. The van der Waals surface area contributed by atoms with Crippen molar-refractivity contribution in [3.8, 4) is 0 Å². The number of hydrogen-bond donors (Lipinski definition) is 1. The van der Waals surface area contributed by atoms with Crippen LogP contribution in [0.15, 0.2) is 0 Å². The summed E-state index contributed by atoms with van der Waals surface area (Å²) in [4.78, 5) is 0. The van der Waals surface area contributed by atoms with Crippen LogP contribution in [0.2, 0.25) is 0 Å². The van der Waals surface area contributed by atoms with Crippen LogP contribution in [-0.2, 0) is 0 Å². The van der Waals surface area contributed by atoms with E-state index >= 15 is 0 Å². The largest absolute Gasteiger partial charge is 0.330 e. The zero-order chi connectivity index (χ0) is 8.74. The number of nitrogens with two attached hydrogens (primary N) is 1. The molecule has 0 aromatic heterocycles. The molecule has 1 heteroatoms. The summed E-state index contributed by atoms with van der Waals surface area (Å²) in [6.45, 7) is 7.77. The van der Waals surface area contributed by atoms with E-state index in [1.807, 2.05) is 0 Å². The molecule has 0 aromatic carbocycles. The standard InChI is InChI=1S/C10H23N/c1-4-7-10(3,5-2)8-6-9-11/h4-9,11H2,1-3H3. The second-order valence-electron chi connectivity index (χ2n) is 3.81. The van der Waals surface area contributed by atoms with Gasteiger partial charge in [0.2, 0.25) is 0 Å². The molecule has 0 radical (unpaired) electrons. The van der Waals surface area contributed by atoms with Crippen molar-refractivity contribution in [3.05, 3.63) is 0 Å². The van der Waals surface area contributed by atoms with Crippen LogP contribution in [0.5, 0.6) is 0 Å². The predicted octanol–water partition coefficient (Wildman–Crippen LogP) is 2.94. The van der Waals surface area contributed by atoms with Crippen molar-refractivity contribution in [2.75, 3.05) is 6.54 Å². The van der Waals surface area contributed by atoms with Crippen molar-refractivity contribution in [2.45, 2.75) is 52.9 Å². The highest BCUT2D eigenvalue weighted by molar-refractivity contribution is 4.71. The van der Waals surface area contributed by atoms with Gasteiger partial charge in [0, 0.05) is 0 Å². The second kappa shape index (κ2) is 5.59. The van der Waals surface area contributed by atoms with Crippen LogP contribution in [0.4, 0.5) is 0 Å². The highest BCUT2D eigenvalue weighted by Crippen LogP contribution is 2.32. The van der Waals surface area contributed by atoms with Gasteiger partial charge in [-0.05, 0) is 31.2 Å². The van der Waals surface area contributed by atoms with Crippen LogP contribution in [0.3, 0.4) is 0 Å². The first-order valence-electron chi connectivity index (χ1n) is 4.88. The molecule has 0 aliphatic carbocycles. The average Bonchev–Trinajstić information content (AvgIpc) is 2.02. The Morgan fingerprint density at radius 3 is 2.18 bits per heavy atom. The molecule has 0 fully saturated rings. The van der Waals surface area contributed by atoms with Crippen LogP contribution in [0.1, 0.15) is 52.9 Å². The second-order valence-corrected chi connectivity index (χ2v) is 3.81. The molecule has 0 spiro atoms. The van der Waals surface area contributed by atoms with Gasteiger partial charge in [-0.25, -0.2) is 0 Å². The van der Waals surface area contributed by atoms with Crippen LogP contribution >= 0.6 is 0 Å². The van der Waals surface area contributed by atoms with Gasteiger partial charge in [-0.3, -0.25) is 0 Å². The summed E-state index contributed by atoms with van der Waals surface area (Å²) in [7, 11) is 0. The van der Waals surface area contributed by atoms with Gasteiger partial charge >= 0.3 is 0 Å². The Morgan fingerprint density at radius 2 is 1.82 bits per heavy atom. The molecular formula is C10H23N. The van der Waals surface area contributed by atoms with Gasteiger partial charge in [0.15, 0.2) is 0 Å². The van der Waals surface area contributed by atoms with E-state index in [-0.39, 0.29) is 0 Å². The monoisotopic (exact) mass is 157 g/mol. The van der Waals surface area contributed by atoms with Crippen molar-refractivity contribution in [1.29, 1.82) is 0 Å². The summed E-state index contributed by atoms with van der Waals surface area (Å²) in [6.07, 6.45) is 6.43. The lowest BCUT2D eigenvalue weighted by molar-refractivity contribution is 0.253. The van der Waals surface area contributed by atoms with Gasteiger partial charge in [0.25, 0.3) is 0 Å². The van der Waals surface area contributed by atoms with Crippen molar-refractivity contribution in [2.24, 2.45) is 11.1 Å². The lowest BCUT2D eigenvalue weighted by atomic mass is 9.79. The molecule has 11 heavy (non-hydrogen) atoms. The molecule has 0 aromatic rings. The topological polar surface area (TPSA) is 26.0 Å². The van der Waals surface area contributed by atoms with Gasteiger partial charge < -0.3 is 5.73 Å². The third-order valence-corrected chi connectivity index (χ3v) is 2.69. The van der Waals surface area contributed by atoms with E-state index in [0.717, 1.165) is 6.54 Å². The molecule has 0 heterocycles. The Balaban J connectivity index is 3.68. The minimum atomic E-state index is 0.564. The van der Waals surface area contributed by atoms with Crippen molar-refractivity contribution < 1.29 is 0 Å². The molecule has 0 bridgehead atoms. The Morgan fingerprint density at radius 1 is 1.18 bits per heavy atom. The summed E-state index contributed by atoms with van der Waals surface area (Å²) >= 11 is 0. The van der Waals surface area contributed by atoms with Gasteiger partial charge in [-0.1, -0.05) is 33.6 Å². The van der Waals surface area contributed by atoms with Crippen LogP contribution in [0, 0.1) is 5.41 Å². The molecule has 1 unspecified atom stereocenters. The molecule has 1 nitrogen and oxygen atoms in total. The van der Waals surface area contributed by atoms with Crippen molar-refractivity contribution in [1.82, 2.24) is 0 Å². The Bertz CT molecular complexity index is 90.9. The third-order valence-electron chi connectivity index (χ3n) is 2.69. The normalized spacial score (nSPS) is 16.4. The van der Waals surface area contributed by atoms with E-state index in [1.165, 1.54) is 32.1 Å². The first kappa shape index (κ1) is 11.0. The fraction of sp³-hybridized carbons (Fsp3) is 1.00. The molecule has 68 valence electrons. The summed E-state index contributed by atoms with van der Waals surface area (Å²) in [5.74, 6) is 0.